The number of hydrogen-bond acceptors (Lipinski definition) is 2. The lowest BCUT2D eigenvalue weighted by atomic mass is 9.91. The van der Waals surface area contributed by atoms with Gasteiger partial charge in [-0.1, -0.05) is 32.9 Å². The summed E-state index contributed by atoms with van der Waals surface area (Å²) in [6.07, 6.45) is 0. The molecule has 3 heteroatoms. The number of hydrogen-bond donors (Lipinski definition) is 2. The predicted octanol–water partition coefficient (Wildman–Crippen LogP) is 2.60. The molecule has 2 N–H and O–H groups in total. The standard InChI is InChI=1S/C13H18O3/c1-8(2)10-4-5-11(13(15)16)12(6-10)9(3)7-14/h4-6,8-9,14H,7H2,1-3H3,(H,15,16). The first kappa shape index (κ1) is 12.7. The number of carboxylic acid groups (broad SMARTS) is 1. The molecule has 1 aromatic carbocycles. The van der Waals surface area contributed by atoms with Crippen molar-refractivity contribution in [3.05, 3.63) is 34.9 Å². The molecule has 0 heterocycles. The van der Waals surface area contributed by atoms with Crippen LogP contribution in [0.3, 0.4) is 0 Å². The van der Waals surface area contributed by atoms with Crippen molar-refractivity contribution in [2.45, 2.75) is 32.6 Å². The molecule has 3 nitrogen and oxygen atoms in total. The van der Waals surface area contributed by atoms with Crippen LogP contribution in [0.4, 0.5) is 0 Å². The van der Waals surface area contributed by atoms with E-state index < -0.39 is 5.97 Å². The first-order valence-electron chi connectivity index (χ1n) is 5.45. The molecule has 0 amide bonds. The largest absolute Gasteiger partial charge is 0.478 e. The van der Waals surface area contributed by atoms with Crippen LogP contribution < -0.4 is 0 Å². The smallest absolute Gasteiger partial charge is 0.335 e. The fraction of sp³-hybridized carbons (Fsp3) is 0.462. The van der Waals surface area contributed by atoms with Crippen LogP contribution >= 0.6 is 0 Å². The van der Waals surface area contributed by atoms with Crippen LogP contribution in [0.25, 0.3) is 0 Å². The van der Waals surface area contributed by atoms with Crippen LogP contribution in [-0.4, -0.2) is 22.8 Å². The Bertz CT molecular complexity index is 383. The quantitative estimate of drug-likeness (QED) is 0.823. The van der Waals surface area contributed by atoms with Gasteiger partial charge in [-0.3, -0.25) is 0 Å². The van der Waals surface area contributed by atoms with Gasteiger partial charge in [0.15, 0.2) is 0 Å². The summed E-state index contributed by atoms with van der Waals surface area (Å²) in [5.41, 5.74) is 2.09. The van der Waals surface area contributed by atoms with Gasteiger partial charge in [-0.05, 0) is 23.1 Å². The summed E-state index contributed by atoms with van der Waals surface area (Å²) in [6, 6.07) is 5.34. The van der Waals surface area contributed by atoms with Crippen molar-refractivity contribution in [1.82, 2.24) is 0 Å². The summed E-state index contributed by atoms with van der Waals surface area (Å²) in [7, 11) is 0. The SMILES string of the molecule is CC(C)c1ccc(C(=O)O)c(C(C)CO)c1. The van der Waals surface area contributed by atoms with Gasteiger partial charge in [-0.2, -0.15) is 0 Å². The summed E-state index contributed by atoms with van der Waals surface area (Å²) in [5.74, 6) is -0.733. The van der Waals surface area contributed by atoms with E-state index in [1.165, 1.54) is 0 Å². The summed E-state index contributed by atoms with van der Waals surface area (Å²) in [6.45, 7) is 5.90. The molecule has 0 spiro atoms. The minimum Gasteiger partial charge on any atom is -0.478 e. The molecule has 0 saturated heterocycles. The van der Waals surface area contributed by atoms with Crippen molar-refractivity contribution in [1.29, 1.82) is 0 Å². The van der Waals surface area contributed by atoms with Crippen molar-refractivity contribution >= 4 is 5.97 Å². The van der Waals surface area contributed by atoms with Gasteiger partial charge in [-0.25, -0.2) is 4.79 Å². The molecule has 1 unspecified atom stereocenters. The van der Waals surface area contributed by atoms with Crippen molar-refractivity contribution in [2.75, 3.05) is 6.61 Å². The topological polar surface area (TPSA) is 57.5 Å². The van der Waals surface area contributed by atoms with Gasteiger partial charge >= 0.3 is 5.97 Å². The molecule has 0 saturated carbocycles. The van der Waals surface area contributed by atoms with Crippen LogP contribution in [-0.2, 0) is 0 Å². The zero-order chi connectivity index (χ0) is 12.3. The molecule has 0 fully saturated rings. The number of benzene rings is 1. The van der Waals surface area contributed by atoms with Crippen molar-refractivity contribution in [2.24, 2.45) is 0 Å². The number of carboxylic acids is 1. The number of aliphatic hydroxyl groups excluding tert-OH is 1. The van der Waals surface area contributed by atoms with E-state index in [0.717, 1.165) is 5.56 Å². The third-order valence-corrected chi connectivity index (χ3v) is 2.78. The Balaban J connectivity index is 3.26. The molecular weight excluding hydrogens is 204 g/mol. The van der Waals surface area contributed by atoms with Crippen LogP contribution in [0.2, 0.25) is 0 Å². The normalized spacial score (nSPS) is 12.8. The second kappa shape index (κ2) is 5.12. The molecule has 16 heavy (non-hydrogen) atoms. The van der Waals surface area contributed by atoms with E-state index >= 15 is 0 Å². The third-order valence-electron chi connectivity index (χ3n) is 2.78. The summed E-state index contributed by atoms with van der Waals surface area (Å²) < 4.78 is 0. The highest BCUT2D eigenvalue weighted by molar-refractivity contribution is 5.89. The maximum atomic E-state index is 11.0. The number of carbonyl (C=O) groups is 1. The molecule has 0 aliphatic rings. The van der Waals surface area contributed by atoms with Crippen molar-refractivity contribution in [3.63, 3.8) is 0 Å². The minimum atomic E-state index is -0.939. The Labute approximate surface area is 95.7 Å². The van der Waals surface area contributed by atoms with E-state index in [4.69, 9.17) is 10.2 Å². The Morgan fingerprint density at radius 3 is 2.38 bits per heavy atom. The Hall–Kier alpha value is -1.35. The summed E-state index contributed by atoms with van der Waals surface area (Å²) in [4.78, 5) is 11.0. The zero-order valence-electron chi connectivity index (χ0n) is 9.90. The molecule has 0 bridgehead atoms. The lowest BCUT2D eigenvalue weighted by Crippen LogP contribution is -2.09. The van der Waals surface area contributed by atoms with E-state index in [9.17, 15) is 4.79 Å². The summed E-state index contributed by atoms with van der Waals surface area (Å²) >= 11 is 0. The first-order valence-corrected chi connectivity index (χ1v) is 5.45. The molecular formula is C13H18O3. The van der Waals surface area contributed by atoms with Crippen molar-refractivity contribution < 1.29 is 15.0 Å². The second-order valence-electron chi connectivity index (χ2n) is 4.39. The molecule has 1 atom stereocenters. The van der Waals surface area contributed by atoms with E-state index in [0.29, 0.717) is 11.5 Å². The highest BCUT2D eigenvalue weighted by atomic mass is 16.4. The van der Waals surface area contributed by atoms with Gasteiger partial charge in [-0.15, -0.1) is 0 Å². The third kappa shape index (κ3) is 2.61. The first-order chi connectivity index (χ1) is 7.47. The number of rotatable bonds is 4. The molecule has 1 aromatic rings. The van der Waals surface area contributed by atoms with Gasteiger partial charge in [0.25, 0.3) is 0 Å². The van der Waals surface area contributed by atoms with Gasteiger partial charge in [0.2, 0.25) is 0 Å². The lowest BCUT2D eigenvalue weighted by molar-refractivity contribution is 0.0695. The van der Waals surface area contributed by atoms with Gasteiger partial charge in [0.05, 0.1) is 5.56 Å². The fourth-order valence-electron chi connectivity index (χ4n) is 1.64. The van der Waals surface area contributed by atoms with Crippen LogP contribution in [0.1, 0.15) is 54.1 Å². The molecule has 0 aromatic heterocycles. The van der Waals surface area contributed by atoms with E-state index in [1.54, 1.807) is 6.07 Å². The Kier molecular flexibility index (Phi) is 4.07. The molecule has 1 rings (SSSR count). The monoisotopic (exact) mass is 222 g/mol. The highest BCUT2D eigenvalue weighted by Crippen LogP contribution is 2.24. The molecule has 88 valence electrons. The average Bonchev–Trinajstić information content (AvgIpc) is 2.26. The Morgan fingerprint density at radius 2 is 1.94 bits per heavy atom. The highest BCUT2D eigenvalue weighted by Gasteiger charge is 2.16. The lowest BCUT2D eigenvalue weighted by Gasteiger charge is -2.15. The second-order valence-corrected chi connectivity index (χ2v) is 4.39. The van der Waals surface area contributed by atoms with E-state index in [2.05, 4.69) is 13.8 Å². The molecule has 0 aliphatic carbocycles. The van der Waals surface area contributed by atoms with Gasteiger partial charge in [0.1, 0.15) is 0 Å². The maximum Gasteiger partial charge on any atom is 0.335 e. The molecule has 0 radical (unpaired) electrons. The van der Waals surface area contributed by atoms with Crippen LogP contribution in [0.15, 0.2) is 18.2 Å². The predicted molar refractivity (Wildman–Crippen MR) is 63.0 cm³/mol. The number of aromatic carboxylic acids is 1. The maximum absolute atomic E-state index is 11.0. The zero-order valence-corrected chi connectivity index (χ0v) is 9.90. The van der Waals surface area contributed by atoms with E-state index in [-0.39, 0.29) is 18.1 Å². The molecule has 0 aliphatic heterocycles. The van der Waals surface area contributed by atoms with Gasteiger partial charge in [0, 0.05) is 12.5 Å². The average molecular weight is 222 g/mol. The fourth-order valence-corrected chi connectivity index (χ4v) is 1.64. The Morgan fingerprint density at radius 1 is 1.31 bits per heavy atom. The van der Waals surface area contributed by atoms with Crippen molar-refractivity contribution in [3.8, 4) is 0 Å². The van der Waals surface area contributed by atoms with Crippen LogP contribution in [0.5, 0.6) is 0 Å². The summed E-state index contributed by atoms with van der Waals surface area (Å²) in [5, 5.41) is 18.2. The van der Waals surface area contributed by atoms with E-state index in [1.807, 2.05) is 19.1 Å². The number of aliphatic hydroxyl groups is 1. The van der Waals surface area contributed by atoms with Gasteiger partial charge < -0.3 is 10.2 Å². The van der Waals surface area contributed by atoms with Crippen LogP contribution in [0, 0.1) is 0 Å². The minimum absolute atomic E-state index is 0.0399.